The molecule has 0 aliphatic rings. The second-order valence-corrected chi connectivity index (χ2v) is 10.3. The van der Waals surface area contributed by atoms with Gasteiger partial charge in [-0.25, -0.2) is 0 Å². The van der Waals surface area contributed by atoms with Crippen molar-refractivity contribution in [2.24, 2.45) is 5.92 Å². The fourth-order valence-corrected chi connectivity index (χ4v) is 4.66. The van der Waals surface area contributed by atoms with E-state index in [1.165, 1.54) is 96.3 Å². The van der Waals surface area contributed by atoms with Gasteiger partial charge in [-0.1, -0.05) is 122 Å². The van der Waals surface area contributed by atoms with Gasteiger partial charge in [-0.2, -0.15) is 0 Å². The summed E-state index contributed by atoms with van der Waals surface area (Å²) < 4.78 is 0. The van der Waals surface area contributed by atoms with E-state index >= 15 is 0 Å². The summed E-state index contributed by atoms with van der Waals surface area (Å²) in [7, 11) is 0. The molecule has 0 saturated heterocycles. The molecule has 0 fully saturated rings. The van der Waals surface area contributed by atoms with Crippen molar-refractivity contribution in [1.82, 2.24) is 0 Å². The van der Waals surface area contributed by atoms with Crippen molar-refractivity contribution in [2.75, 3.05) is 0 Å². The van der Waals surface area contributed by atoms with E-state index in [2.05, 4.69) is 26.0 Å². The van der Waals surface area contributed by atoms with E-state index in [-0.39, 0.29) is 18.4 Å². The van der Waals surface area contributed by atoms with Crippen molar-refractivity contribution in [3.63, 3.8) is 0 Å². The van der Waals surface area contributed by atoms with Crippen LogP contribution in [0.2, 0.25) is 0 Å². The summed E-state index contributed by atoms with van der Waals surface area (Å²) in [4.78, 5) is 11.2. The maximum absolute atomic E-state index is 11.2. The molecule has 33 heavy (non-hydrogen) atoms. The molecule has 0 aliphatic heterocycles. The maximum Gasteiger partial charge on any atom is 0.303 e. The number of rotatable bonds is 26. The lowest BCUT2D eigenvalue weighted by Gasteiger charge is -2.17. The van der Waals surface area contributed by atoms with E-state index in [4.69, 9.17) is 0 Å². The first kappa shape index (κ1) is 32.2. The van der Waals surface area contributed by atoms with Gasteiger partial charge in [0.1, 0.15) is 0 Å². The van der Waals surface area contributed by atoms with Crippen molar-refractivity contribution >= 4 is 5.97 Å². The number of hydrogen-bond donors (Lipinski definition) is 2. The van der Waals surface area contributed by atoms with E-state index < -0.39 is 5.97 Å². The van der Waals surface area contributed by atoms with Crippen LogP contribution in [0, 0.1) is 5.92 Å². The van der Waals surface area contributed by atoms with Crippen LogP contribution in [-0.2, 0) is 4.79 Å². The maximum atomic E-state index is 11.2. The van der Waals surface area contributed by atoms with Crippen LogP contribution in [0.3, 0.4) is 0 Å². The Kier molecular flexibility index (Phi) is 25.1. The highest BCUT2D eigenvalue weighted by molar-refractivity contribution is 5.66. The normalized spacial score (nSPS) is 13.5. The van der Waals surface area contributed by atoms with Gasteiger partial charge in [-0.3, -0.25) is 4.79 Å². The van der Waals surface area contributed by atoms with Gasteiger partial charge in [-0.05, 0) is 50.9 Å². The zero-order chi connectivity index (χ0) is 24.4. The molecule has 0 aromatic carbocycles. The average Bonchev–Trinajstić information content (AvgIpc) is 2.79. The third-order valence-electron chi connectivity index (χ3n) is 6.89. The molecule has 0 saturated carbocycles. The number of aliphatic hydroxyl groups is 1. The Morgan fingerprint density at radius 3 is 1.64 bits per heavy atom. The summed E-state index contributed by atoms with van der Waals surface area (Å²) in [6.07, 6.45) is 31.0. The number of unbranched alkanes of at least 4 members (excludes halogenated alkanes) is 15. The molecule has 196 valence electrons. The summed E-state index contributed by atoms with van der Waals surface area (Å²) in [5, 5.41) is 19.6. The predicted molar refractivity (Wildman–Crippen MR) is 144 cm³/mol. The Morgan fingerprint density at radius 1 is 0.606 bits per heavy atom. The number of carbonyl (C=O) groups is 1. The first-order valence-electron chi connectivity index (χ1n) is 14.6. The van der Waals surface area contributed by atoms with E-state index in [1.807, 2.05) is 0 Å². The number of hydrogen-bond acceptors (Lipinski definition) is 2. The lowest BCUT2D eigenvalue weighted by Crippen LogP contribution is -2.13. The zero-order valence-corrected chi connectivity index (χ0v) is 22.4. The van der Waals surface area contributed by atoms with Crippen molar-refractivity contribution < 1.29 is 15.0 Å². The Bertz CT molecular complexity index is 432. The van der Waals surface area contributed by atoms with Crippen LogP contribution in [-0.4, -0.2) is 22.3 Å². The van der Waals surface area contributed by atoms with Gasteiger partial charge in [0, 0.05) is 6.42 Å². The summed E-state index contributed by atoms with van der Waals surface area (Å²) in [6.45, 7) is 4.51. The average molecular weight is 467 g/mol. The Labute approximate surface area is 206 Å². The molecule has 0 radical (unpaired) electrons. The number of aliphatic hydroxyl groups excluding tert-OH is 1. The minimum atomic E-state index is -0.695. The first-order chi connectivity index (χ1) is 16.1. The monoisotopic (exact) mass is 466 g/mol. The summed E-state index contributed by atoms with van der Waals surface area (Å²) in [5.74, 6) is -0.478. The molecule has 3 heteroatoms. The summed E-state index contributed by atoms with van der Waals surface area (Å²) in [5.41, 5.74) is 0. The van der Waals surface area contributed by atoms with Crippen molar-refractivity contribution in [1.29, 1.82) is 0 Å². The van der Waals surface area contributed by atoms with Crippen LogP contribution in [0.4, 0.5) is 0 Å². The van der Waals surface area contributed by atoms with Gasteiger partial charge in [0.25, 0.3) is 0 Å². The van der Waals surface area contributed by atoms with Crippen LogP contribution >= 0.6 is 0 Å². The SMILES string of the molecule is CCCCCCCC/C=C\CCC(O)CCC(CCCCCCCCCCCC)CC(=O)O. The van der Waals surface area contributed by atoms with E-state index in [0.29, 0.717) is 0 Å². The standard InChI is InChI=1S/C30H58O3/c1-3-5-7-9-11-13-15-17-19-21-23-28(27-30(32)33)25-26-29(31)24-22-20-18-16-14-12-10-8-6-4-2/h18,20,28-29,31H,3-17,19,21-27H2,1-2H3,(H,32,33)/b20-18-. The van der Waals surface area contributed by atoms with Crippen LogP contribution in [0.15, 0.2) is 12.2 Å². The molecule has 0 bridgehead atoms. The number of carboxylic acid groups (broad SMARTS) is 1. The Balaban J connectivity index is 3.77. The van der Waals surface area contributed by atoms with E-state index in [9.17, 15) is 15.0 Å². The van der Waals surface area contributed by atoms with Gasteiger partial charge < -0.3 is 10.2 Å². The molecule has 2 unspecified atom stereocenters. The number of aliphatic carboxylic acids is 1. The van der Waals surface area contributed by atoms with Crippen molar-refractivity contribution in [3.05, 3.63) is 12.2 Å². The zero-order valence-electron chi connectivity index (χ0n) is 22.4. The topological polar surface area (TPSA) is 57.5 Å². The lowest BCUT2D eigenvalue weighted by atomic mass is 9.91. The smallest absolute Gasteiger partial charge is 0.303 e. The third kappa shape index (κ3) is 25.6. The minimum absolute atomic E-state index is 0.217. The molecular formula is C30H58O3. The molecule has 0 aromatic rings. The highest BCUT2D eigenvalue weighted by atomic mass is 16.4. The quantitative estimate of drug-likeness (QED) is 0.0985. The van der Waals surface area contributed by atoms with Crippen molar-refractivity contribution in [3.8, 4) is 0 Å². The first-order valence-corrected chi connectivity index (χ1v) is 14.6. The van der Waals surface area contributed by atoms with Gasteiger partial charge in [0.05, 0.1) is 6.10 Å². The molecule has 0 aliphatic carbocycles. The summed E-state index contributed by atoms with van der Waals surface area (Å²) in [6, 6.07) is 0. The molecule has 2 N–H and O–H groups in total. The third-order valence-corrected chi connectivity index (χ3v) is 6.89. The largest absolute Gasteiger partial charge is 0.481 e. The predicted octanol–water partition coefficient (Wildman–Crippen LogP) is 9.62. The molecule has 0 amide bonds. The van der Waals surface area contributed by atoms with Gasteiger partial charge in [0.15, 0.2) is 0 Å². The Hall–Kier alpha value is -0.830. The molecule has 2 atom stereocenters. The second kappa shape index (κ2) is 25.8. The van der Waals surface area contributed by atoms with Gasteiger partial charge in [0.2, 0.25) is 0 Å². The van der Waals surface area contributed by atoms with Crippen LogP contribution in [0.5, 0.6) is 0 Å². The molecule has 3 nitrogen and oxygen atoms in total. The summed E-state index contributed by atoms with van der Waals surface area (Å²) >= 11 is 0. The highest BCUT2D eigenvalue weighted by Crippen LogP contribution is 2.22. The molecule has 0 heterocycles. The minimum Gasteiger partial charge on any atom is -0.481 e. The van der Waals surface area contributed by atoms with Crippen molar-refractivity contribution in [2.45, 2.75) is 168 Å². The number of carboxylic acids is 1. The van der Waals surface area contributed by atoms with E-state index in [0.717, 1.165) is 44.9 Å². The highest BCUT2D eigenvalue weighted by Gasteiger charge is 2.15. The molecule has 0 spiro atoms. The molecule has 0 rings (SSSR count). The fraction of sp³-hybridized carbons (Fsp3) is 0.900. The van der Waals surface area contributed by atoms with Gasteiger partial charge in [-0.15, -0.1) is 0 Å². The Morgan fingerprint density at radius 2 is 1.09 bits per heavy atom. The van der Waals surface area contributed by atoms with Gasteiger partial charge >= 0.3 is 5.97 Å². The number of allylic oxidation sites excluding steroid dienone is 2. The molecular weight excluding hydrogens is 408 g/mol. The second-order valence-electron chi connectivity index (χ2n) is 10.3. The van der Waals surface area contributed by atoms with Crippen LogP contribution < -0.4 is 0 Å². The van der Waals surface area contributed by atoms with Crippen LogP contribution in [0.25, 0.3) is 0 Å². The molecule has 0 aromatic heterocycles. The van der Waals surface area contributed by atoms with Crippen LogP contribution in [0.1, 0.15) is 162 Å². The lowest BCUT2D eigenvalue weighted by molar-refractivity contribution is -0.138. The van der Waals surface area contributed by atoms with E-state index in [1.54, 1.807) is 0 Å². The fourth-order valence-electron chi connectivity index (χ4n) is 4.66.